The van der Waals surface area contributed by atoms with Crippen LogP contribution < -0.4 is 14.8 Å². The number of hydrogen-bond acceptors (Lipinski definition) is 4. The van der Waals surface area contributed by atoms with E-state index < -0.39 is 0 Å². The highest BCUT2D eigenvalue weighted by atomic mass is 16.7. The number of hydrogen-bond donors (Lipinski definition) is 1. The summed E-state index contributed by atoms with van der Waals surface area (Å²) < 4.78 is 16.6. The summed E-state index contributed by atoms with van der Waals surface area (Å²) in [7, 11) is 0. The quantitative estimate of drug-likeness (QED) is 0.723. The molecule has 2 aliphatic rings. The zero-order valence-corrected chi connectivity index (χ0v) is 12.6. The van der Waals surface area contributed by atoms with Crippen molar-refractivity contribution in [2.45, 2.75) is 12.3 Å². The summed E-state index contributed by atoms with van der Waals surface area (Å²) in [5, 5.41) is 3.45. The van der Waals surface area contributed by atoms with E-state index in [2.05, 4.69) is 42.6 Å². The van der Waals surface area contributed by atoms with Gasteiger partial charge in [-0.3, -0.25) is 0 Å². The Bertz CT molecular complexity index is 900. The molecule has 3 aromatic rings. The first-order valence-electron chi connectivity index (χ1n) is 7.60. The molecule has 23 heavy (non-hydrogen) atoms. The number of benzene rings is 2. The van der Waals surface area contributed by atoms with Gasteiger partial charge in [0.15, 0.2) is 11.5 Å². The highest BCUT2D eigenvalue weighted by Crippen LogP contribution is 2.52. The first kappa shape index (κ1) is 12.6. The summed E-state index contributed by atoms with van der Waals surface area (Å²) in [6.07, 6.45) is 3.58. The molecule has 3 heterocycles. The zero-order valence-electron chi connectivity index (χ0n) is 12.6. The van der Waals surface area contributed by atoms with Crippen molar-refractivity contribution in [3.05, 3.63) is 71.7 Å². The van der Waals surface area contributed by atoms with Gasteiger partial charge in [-0.05, 0) is 24.1 Å². The van der Waals surface area contributed by atoms with Gasteiger partial charge in [0, 0.05) is 22.7 Å². The monoisotopic (exact) mass is 305 g/mol. The van der Waals surface area contributed by atoms with E-state index in [4.69, 9.17) is 13.9 Å². The maximum atomic E-state index is 5.59. The van der Waals surface area contributed by atoms with Crippen molar-refractivity contribution in [3.63, 3.8) is 0 Å². The molecule has 2 aliphatic heterocycles. The first-order valence-corrected chi connectivity index (χ1v) is 7.60. The Labute approximate surface area is 133 Å². The van der Waals surface area contributed by atoms with Gasteiger partial charge in [0.2, 0.25) is 6.79 Å². The molecule has 1 N–H and O–H groups in total. The molecule has 0 bridgehead atoms. The largest absolute Gasteiger partial charge is 0.470 e. The molecule has 0 saturated carbocycles. The molecule has 0 aliphatic carbocycles. The number of nitrogens with one attached hydrogen (secondary N) is 1. The fraction of sp³-hybridized carbons (Fsp3) is 0.158. The van der Waals surface area contributed by atoms with Gasteiger partial charge in [0.05, 0.1) is 12.0 Å². The minimum Gasteiger partial charge on any atom is -0.470 e. The molecule has 114 valence electrons. The number of ether oxygens (including phenoxy) is 2. The van der Waals surface area contributed by atoms with Gasteiger partial charge in [-0.1, -0.05) is 30.3 Å². The minimum atomic E-state index is -0.314. The summed E-state index contributed by atoms with van der Waals surface area (Å²) in [6, 6.07) is 14.5. The van der Waals surface area contributed by atoms with Crippen molar-refractivity contribution in [1.29, 1.82) is 0 Å². The molecule has 1 unspecified atom stereocenters. The van der Waals surface area contributed by atoms with E-state index in [1.54, 1.807) is 6.26 Å². The molecule has 0 radical (unpaired) electrons. The van der Waals surface area contributed by atoms with Crippen LogP contribution in [0.25, 0.3) is 0 Å². The van der Waals surface area contributed by atoms with Crippen molar-refractivity contribution in [1.82, 2.24) is 0 Å². The third-order valence-corrected chi connectivity index (χ3v) is 4.87. The SMILES string of the molecule is CC1(c2ccccc2)c2cocc2Nc2cc3c(cc21)OCO3. The van der Waals surface area contributed by atoms with E-state index in [1.807, 2.05) is 18.4 Å². The van der Waals surface area contributed by atoms with Crippen LogP contribution in [0.1, 0.15) is 23.6 Å². The smallest absolute Gasteiger partial charge is 0.231 e. The van der Waals surface area contributed by atoms with Gasteiger partial charge in [0.1, 0.15) is 6.26 Å². The Hall–Kier alpha value is -2.88. The molecule has 2 aromatic carbocycles. The Morgan fingerprint density at radius 3 is 2.52 bits per heavy atom. The molecular weight excluding hydrogens is 290 g/mol. The summed E-state index contributed by atoms with van der Waals surface area (Å²) in [5.74, 6) is 1.57. The van der Waals surface area contributed by atoms with Crippen LogP contribution in [0.4, 0.5) is 11.4 Å². The first-order chi connectivity index (χ1) is 11.3. The lowest BCUT2D eigenvalue weighted by Gasteiger charge is -2.36. The second-order valence-corrected chi connectivity index (χ2v) is 6.07. The van der Waals surface area contributed by atoms with Gasteiger partial charge in [0.25, 0.3) is 0 Å². The minimum absolute atomic E-state index is 0.273. The van der Waals surface area contributed by atoms with Crippen molar-refractivity contribution >= 4 is 11.4 Å². The maximum Gasteiger partial charge on any atom is 0.231 e. The average molecular weight is 305 g/mol. The molecule has 0 spiro atoms. The van der Waals surface area contributed by atoms with E-state index >= 15 is 0 Å². The van der Waals surface area contributed by atoms with Crippen molar-refractivity contribution in [2.75, 3.05) is 12.1 Å². The second kappa shape index (κ2) is 4.32. The molecule has 0 amide bonds. The van der Waals surface area contributed by atoms with Crippen LogP contribution in [0, 0.1) is 0 Å². The molecule has 1 atom stereocenters. The lowest BCUT2D eigenvalue weighted by Crippen LogP contribution is -2.29. The van der Waals surface area contributed by atoms with Crippen LogP contribution in [0.3, 0.4) is 0 Å². The molecule has 5 rings (SSSR count). The van der Waals surface area contributed by atoms with Gasteiger partial charge in [-0.2, -0.15) is 0 Å². The Kier molecular flexibility index (Phi) is 2.37. The topological polar surface area (TPSA) is 43.6 Å². The van der Waals surface area contributed by atoms with E-state index in [0.29, 0.717) is 0 Å². The summed E-state index contributed by atoms with van der Waals surface area (Å²) in [6.45, 7) is 2.49. The van der Waals surface area contributed by atoms with Crippen molar-refractivity contribution in [2.24, 2.45) is 0 Å². The maximum absolute atomic E-state index is 5.59. The van der Waals surface area contributed by atoms with Crippen LogP contribution >= 0.6 is 0 Å². The fourth-order valence-electron chi connectivity index (χ4n) is 3.61. The van der Waals surface area contributed by atoms with Crippen LogP contribution in [0.2, 0.25) is 0 Å². The Balaban J connectivity index is 1.82. The number of anilines is 2. The third kappa shape index (κ3) is 1.60. The summed E-state index contributed by atoms with van der Waals surface area (Å²) >= 11 is 0. The van der Waals surface area contributed by atoms with Gasteiger partial charge in [-0.15, -0.1) is 0 Å². The fourth-order valence-corrected chi connectivity index (χ4v) is 3.61. The molecular formula is C19H15NO3. The highest BCUT2D eigenvalue weighted by Gasteiger charge is 2.41. The number of fused-ring (bicyclic) bond motifs is 3. The van der Waals surface area contributed by atoms with Crippen LogP contribution in [-0.4, -0.2) is 6.79 Å². The number of rotatable bonds is 1. The Morgan fingerprint density at radius 2 is 1.70 bits per heavy atom. The van der Waals surface area contributed by atoms with Gasteiger partial charge >= 0.3 is 0 Å². The average Bonchev–Trinajstić information content (AvgIpc) is 3.23. The standard InChI is InChI=1S/C19H15NO3/c1-19(12-5-3-2-4-6-12)13-7-17-18(23-11-22-17)8-15(13)20-16-10-21-9-14(16)19/h2-10,20H,11H2,1H3. The third-order valence-electron chi connectivity index (χ3n) is 4.87. The van der Waals surface area contributed by atoms with Gasteiger partial charge in [-0.25, -0.2) is 0 Å². The van der Waals surface area contributed by atoms with E-state index in [1.165, 1.54) is 5.56 Å². The predicted octanol–water partition coefficient (Wildman–Crippen LogP) is 4.42. The van der Waals surface area contributed by atoms with E-state index in [9.17, 15) is 0 Å². The molecule has 4 nitrogen and oxygen atoms in total. The summed E-state index contributed by atoms with van der Waals surface area (Å²) in [4.78, 5) is 0. The van der Waals surface area contributed by atoms with Crippen molar-refractivity contribution < 1.29 is 13.9 Å². The zero-order chi connectivity index (χ0) is 15.4. The normalized spacial score (nSPS) is 20.6. The second-order valence-electron chi connectivity index (χ2n) is 6.07. The van der Waals surface area contributed by atoms with Crippen LogP contribution in [0.15, 0.2) is 59.4 Å². The number of furan rings is 1. The highest BCUT2D eigenvalue weighted by molar-refractivity contribution is 5.79. The lowest BCUT2D eigenvalue weighted by molar-refractivity contribution is 0.174. The molecule has 0 saturated heterocycles. The van der Waals surface area contributed by atoms with Gasteiger partial charge < -0.3 is 19.2 Å². The van der Waals surface area contributed by atoms with E-state index in [-0.39, 0.29) is 12.2 Å². The molecule has 1 aromatic heterocycles. The van der Waals surface area contributed by atoms with Crippen molar-refractivity contribution in [3.8, 4) is 11.5 Å². The lowest BCUT2D eigenvalue weighted by atomic mass is 9.69. The van der Waals surface area contributed by atoms with Crippen LogP contribution in [0.5, 0.6) is 11.5 Å². The van der Waals surface area contributed by atoms with Crippen LogP contribution in [-0.2, 0) is 5.41 Å². The predicted molar refractivity (Wildman–Crippen MR) is 86.6 cm³/mol. The molecule has 0 fully saturated rings. The Morgan fingerprint density at radius 1 is 0.913 bits per heavy atom. The molecule has 4 heteroatoms. The van der Waals surface area contributed by atoms with E-state index in [0.717, 1.165) is 34.0 Å². The summed E-state index contributed by atoms with van der Waals surface area (Å²) in [5.41, 5.74) is 5.18.